The lowest BCUT2D eigenvalue weighted by molar-refractivity contribution is -0.144. The van der Waals surface area contributed by atoms with E-state index in [0.29, 0.717) is 19.1 Å². The maximum atomic E-state index is 11.2. The molecule has 0 spiro atoms. The molecule has 1 unspecified atom stereocenters. The Morgan fingerprint density at radius 2 is 2.14 bits per heavy atom. The molecular weight excluding hydrogens is 198 g/mol. The SMILES string of the molecule is CCOC(=O)CC(C)N1CCSCC1. The number of esters is 1. The zero-order chi connectivity index (χ0) is 10.4. The van der Waals surface area contributed by atoms with Crippen LogP contribution in [-0.2, 0) is 9.53 Å². The smallest absolute Gasteiger partial charge is 0.307 e. The van der Waals surface area contributed by atoms with E-state index >= 15 is 0 Å². The van der Waals surface area contributed by atoms with Gasteiger partial charge in [0.05, 0.1) is 13.0 Å². The minimum atomic E-state index is -0.0711. The Morgan fingerprint density at radius 3 is 2.71 bits per heavy atom. The van der Waals surface area contributed by atoms with E-state index in [1.54, 1.807) is 0 Å². The third kappa shape index (κ3) is 3.88. The third-order valence-corrected chi connectivity index (χ3v) is 3.38. The maximum absolute atomic E-state index is 11.2. The minimum absolute atomic E-state index is 0.0711. The van der Waals surface area contributed by atoms with E-state index in [1.165, 1.54) is 11.5 Å². The molecule has 1 aliphatic heterocycles. The van der Waals surface area contributed by atoms with Gasteiger partial charge in [-0.25, -0.2) is 0 Å². The second-order valence-corrected chi connectivity index (χ2v) is 4.73. The molecule has 14 heavy (non-hydrogen) atoms. The summed E-state index contributed by atoms with van der Waals surface area (Å²) in [7, 11) is 0. The van der Waals surface area contributed by atoms with Gasteiger partial charge in [0.15, 0.2) is 0 Å². The Morgan fingerprint density at radius 1 is 1.50 bits per heavy atom. The quantitative estimate of drug-likeness (QED) is 0.665. The summed E-state index contributed by atoms with van der Waals surface area (Å²) < 4.78 is 4.93. The van der Waals surface area contributed by atoms with Gasteiger partial charge in [-0.2, -0.15) is 11.8 Å². The number of hydrogen-bond acceptors (Lipinski definition) is 4. The summed E-state index contributed by atoms with van der Waals surface area (Å²) in [6.07, 6.45) is 0.526. The number of ether oxygens (including phenoxy) is 1. The van der Waals surface area contributed by atoms with Crippen LogP contribution in [0.2, 0.25) is 0 Å². The van der Waals surface area contributed by atoms with Gasteiger partial charge >= 0.3 is 5.97 Å². The Hall–Kier alpha value is -0.220. The second kappa shape index (κ2) is 6.30. The molecule has 1 atom stereocenters. The number of carbonyl (C=O) groups is 1. The summed E-state index contributed by atoms with van der Waals surface area (Å²) in [6, 6.07) is 0.329. The molecule has 1 fully saturated rings. The van der Waals surface area contributed by atoms with Crippen molar-refractivity contribution in [3.8, 4) is 0 Å². The largest absolute Gasteiger partial charge is 0.466 e. The first kappa shape index (κ1) is 11.9. The molecule has 0 saturated carbocycles. The van der Waals surface area contributed by atoms with Crippen LogP contribution in [-0.4, -0.2) is 48.1 Å². The van der Waals surface area contributed by atoms with Gasteiger partial charge in [-0.1, -0.05) is 0 Å². The van der Waals surface area contributed by atoms with Crippen LogP contribution >= 0.6 is 11.8 Å². The van der Waals surface area contributed by atoms with E-state index in [0.717, 1.165) is 13.1 Å². The second-order valence-electron chi connectivity index (χ2n) is 3.51. The van der Waals surface area contributed by atoms with Crippen molar-refractivity contribution >= 4 is 17.7 Å². The van der Waals surface area contributed by atoms with Crippen molar-refractivity contribution in [3.05, 3.63) is 0 Å². The highest BCUT2D eigenvalue weighted by molar-refractivity contribution is 7.99. The van der Waals surface area contributed by atoms with Crippen molar-refractivity contribution in [2.75, 3.05) is 31.2 Å². The molecule has 0 aliphatic carbocycles. The van der Waals surface area contributed by atoms with E-state index in [1.807, 2.05) is 18.7 Å². The van der Waals surface area contributed by atoms with Crippen LogP contribution in [0.25, 0.3) is 0 Å². The lowest BCUT2D eigenvalue weighted by Crippen LogP contribution is -2.40. The normalized spacial score (nSPS) is 20.4. The van der Waals surface area contributed by atoms with Crippen LogP contribution < -0.4 is 0 Å². The van der Waals surface area contributed by atoms with Crippen molar-refractivity contribution in [2.24, 2.45) is 0 Å². The molecule has 82 valence electrons. The molecule has 0 radical (unpaired) electrons. The Balaban J connectivity index is 2.25. The van der Waals surface area contributed by atoms with Gasteiger partial charge in [0, 0.05) is 30.6 Å². The number of carbonyl (C=O) groups excluding carboxylic acids is 1. The molecule has 1 rings (SSSR count). The van der Waals surface area contributed by atoms with Crippen molar-refractivity contribution in [3.63, 3.8) is 0 Å². The molecule has 3 nitrogen and oxygen atoms in total. The highest BCUT2D eigenvalue weighted by Gasteiger charge is 2.19. The summed E-state index contributed by atoms with van der Waals surface area (Å²) in [4.78, 5) is 13.6. The van der Waals surface area contributed by atoms with E-state index in [2.05, 4.69) is 11.8 Å². The Kier molecular flexibility index (Phi) is 5.33. The third-order valence-electron chi connectivity index (χ3n) is 2.44. The molecule has 0 aromatic rings. The highest BCUT2D eigenvalue weighted by Crippen LogP contribution is 2.14. The minimum Gasteiger partial charge on any atom is -0.466 e. The van der Waals surface area contributed by atoms with Crippen LogP contribution in [0.15, 0.2) is 0 Å². The molecule has 0 amide bonds. The predicted octanol–water partition coefficient (Wildman–Crippen LogP) is 1.38. The van der Waals surface area contributed by atoms with Gasteiger partial charge in [0.1, 0.15) is 0 Å². The Bertz CT molecular complexity index is 181. The lowest BCUT2D eigenvalue weighted by atomic mass is 10.2. The van der Waals surface area contributed by atoms with Crippen LogP contribution in [0.4, 0.5) is 0 Å². The van der Waals surface area contributed by atoms with Crippen LogP contribution in [0, 0.1) is 0 Å². The summed E-state index contributed by atoms with van der Waals surface area (Å²) in [5.74, 6) is 2.30. The summed E-state index contributed by atoms with van der Waals surface area (Å²) >= 11 is 1.99. The summed E-state index contributed by atoms with van der Waals surface area (Å²) in [5.41, 5.74) is 0. The summed E-state index contributed by atoms with van der Waals surface area (Å²) in [6.45, 7) is 6.64. The number of nitrogens with zero attached hydrogens (tertiary/aromatic N) is 1. The van der Waals surface area contributed by atoms with Crippen molar-refractivity contribution in [1.82, 2.24) is 4.90 Å². The average molecular weight is 217 g/mol. The number of thioether (sulfide) groups is 1. The fourth-order valence-electron chi connectivity index (χ4n) is 1.61. The molecule has 0 aromatic heterocycles. The summed E-state index contributed by atoms with van der Waals surface area (Å²) in [5, 5.41) is 0. The highest BCUT2D eigenvalue weighted by atomic mass is 32.2. The molecule has 1 saturated heterocycles. The zero-order valence-corrected chi connectivity index (χ0v) is 9.81. The maximum Gasteiger partial charge on any atom is 0.307 e. The first-order valence-electron chi connectivity index (χ1n) is 5.21. The molecule has 0 N–H and O–H groups in total. The van der Waals surface area contributed by atoms with Gasteiger partial charge in [0.25, 0.3) is 0 Å². The van der Waals surface area contributed by atoms with Crippen LogP contribution in [0.1, 0.15) is 20.3 Å². The van der Waals surface area contributed by atoms with Crippen molar-refractivity contribution < 1.29 is 9.53 Å². The lowest BCUT2D eigenvalue weighted by Gasteiger charge is -2.31. The molecule has 0 bridgehead atoms. The van der Waals surface area contributed by atoms with Gasteiger partial charge in [-0.05, 0) is 13.8 Å². The molecule has 4 heteroatoms. The van der Waals surface area contributed by atoms with Gasteiger partial charge in [0.2, 0.25) is 0 Å². The van der Waals surface area contributed by atoms with Gasteiger partial charge < -0.3 is 4.74 Å². The van der Waals surface area contributed by atoms with Crippen molar-refractivity contribution in [2.45, 2.75) is 26.3 Å². The number of rotatable bonds is 4. The average Bonchev–Trinajstić information content (AvgIpc) is 2.19. The molecule has 1 heterocycles. The van der Waals surface area contributed by atoms with E-state index in [-0.39, 0.29) is 5.97 Å². The Labute approximate surface area is 90.2 Å². The van der Waals surface area contributed by atoms with E-state index in [9.17, 15) is 4.79 Å². The van der Waals surface area contributed by atoms with Crippen LogP contribution in [0.5, 0.6) is 0 Å². The van der Waals surface area contributed by atoms with Crippen LogP contribution in [0.3, 0.4) is 0 Å². The predicted molar refractivity (Wildman–Crippen MR) is 59.6 cm³/mol. The number of hydrogen-bond donors (Lipinski definition) is 0. The first-order valence-corrected chi connectivity index (χ1v) is 6.37. The van der Waals surface area contributed by atoms with Gasteiger partial charge in [-0.15, -0.1) is 0 Å². The molecule has 0 aromatic carbocycles. The zero-order valence-electron chi connectivity index (χ0n) is 8.99. The van der Waals surface area contributed by atoms with E-state index in [4.69, 9.17) is 4.74 Å². The fraction of sp³-hybridized carbons (Fsp3) is 0.900. The standard InChI is InChI=1S/C10H19NO2S/c1-3-13-10(12)8-9(2)11-4-6-14-7-5-11/h9H,3-8H2,1-2H3. The van der Waals surface area contributed by atoms with Crippen molar-refractivity contribution in [1.29, 1.82) is 0 Å². The van der Waals surface area contributed by atoms with Gasteiger partial charge in [-0.3, -0.25) is 9.69 Å². The monoisotopic (exact) mass is 217 g/mol. The van der Waals surface area contributed by atoms with E-state index < -0.39 is 0 Å². The fourth-order valence-corrected chi connectivity index (χ4v) is 2.54. The first-order chi connectivity index (χ1) is 6.74. The molecule has 1 aliphatic rings. The topological polar surface area (TPSA) is 29.5 Å². The molecular formula is C10H19NO2S.